The van der Waals surface area contributed by atoms with Crippen molar-refractivity contribution in [1.82, 2.24) is 15.5 Å². The van der Waals surface area contributed by atoms with E-state index in [1.54, 1.807) is 12.1 Å². The summed E-state index contributed by atoms with van der Waals surface area (Å²) in [6.45, 7) is -0.232. The first kappa shape index (κ1) is 21.1. The summed E-state index contributed by atoms with van der Waals surface area (Å²) >= 11 is 0. The Morgan fingerprint density at radius 2 is 2.06 bits per heavy atom. The van der Waals surface area contributed by atoms with Crippen LogP contribution in [0.3, 0.4) is 0 Å². The number of phenolic OH excluding ortho intramolecular Hbond substituents is 1. The maximum absolute atomic E-state index is 15.0. The van der Waals surface area contributed by atoms with E-state index in [0.29, 0.717) is 5.56 Å². The third kappa shape index (κ3) is 4.16. The average Bonchev–Trinajstić information content (AvgIpc) is 3.09. The molecule has 0 radical (unpaired) electrons. The topological polar surface area (TPSA) is 116 Å². The van der Waals surface area contributed by atoms with E-state index in [1.165, 1.54) is 29.2 Å². The summed E-state index contributed by atoms with van der Waals surface area (Å²) in [6, 6.07) is 8.15. The molecule has 4 amide bonds. The van der Waals surface area contributed by atoms with E-state index < -0.39 is 35.5 Å². The lowest BCUT2D eigenvalue weighted by molar-refractivity contribution is -0.137. The third-order valence-corrected chi connectivity index (χ3v) is 5.34. The first-order valence-electron chi connectivity index (χ1n) is 9.87. The van der Waals surface area contributed by atoms with Gasteiger partial charge < -0.3 is 15.3 Å². The predicted octanol–water partition coefficient (Wildman–Crippen LogP) is 0.960. The molecule has 2 aliphatic rings. The molecular weight excluding hydrogens is 417 g/mol. The second-order valence-electron chi connectivity index (χ2n) is 7.45. The van der Waals surface area contributed by atoms with Gasteiger partial charge in [0.1, 0.15) is 17.6 Å². The van der Waals surface area contributed by atoms with Crippen molar-refractivity contribution >= 4 is 23.6 Å². The second kappa shape index (κ2) is 8.51. The number of nitrogens with zero attached hydrogens (tertiary/aromatic N) is 1. The Balaban J connectivity index is 1.44. The highest BCUT2D eigenvalue weighted by atomic mass is 19.1. The fourth-order valence-corrected chi connectivity index (χ4v) is 3.72. The van der Waals surface area contributed by atoms with Crippen molar-refractivity contribution in [3.05, 3.63) is 64.5 Å². The molecule has 4 rings (SSSR count). The zero-order valence-corrected chi connectivity index (χ0v) is 16.8. The zero-order chi connectivity index (χ0) is 22.8. The van der Waals surface area contributed by atoms with Gasteiger partial charge in [-0.1, -0.05) is 18.1 Å². The minimum absolute atomic E-state index is 0.0262. The molecule has 8 nitrogen and oxygen atoms in total. The lowest BCUT2D eigenvalue weighted by Gasteiger charge is -2.29. The van der Waals surface area contributed by atoms with Gasteiger partial charge in [-0.05, 0) is 30.7 Å². The van der Waals surface area contributed by atoms with E-state index in [1.807, 2.05) is 0 Å². The summed E-state index contributed by atoms with van der Waals surface area (Å²) in [7, 11) is 0. The number of aromatic hydroxyl groups is 1. The standard InChI is InChI=1S/C23H18FN3O5/c24-21-14(11-25-19(29)8-4-13-2-1-3-15(28)10-13)5-6-16-17(21)12-27(23(16)32)18-7-9-20(30)26-22(18)31/h1-3,5-6,10,18,28H,7,9,11-12H2,(H,25,29)(H,26,30,31). The van der Waals surface area contributed by atoms with Gasteiger partial charge in [-0.25, -0.2) is 4.39 Å². The van der Waals surface area contributed by atoms with E-state index in [4.69, 9.17) is 0 Å². The number of carbonyl (C=O) groups excluding carboxylic acids is 4. The first-order chi connectivity index (χ1) is 15.3. The Morgan fingerprint density at radius 3 is 2.81 bits per heavy atom. The zero-order valence-electron chi connectivity index (χ0n) is 16.8. The van der Waals surface area contributed by atoms with E-state index >= 15 is 4.39 Å². The van der Waals surface area contributed by atoms with Crippen molar-refractivity contribution in [2.45, 2.75) is 32.0 Å². The fraction of sp³-hybridized carbons (Fsp3) is 0.217. The third-order valence-electron chi connectivity index (χ3n) is 5.34. The minimum Gasteiger partial charge on any atom is -0.508 e. The predicted molar refractivity (Wildman–Crippen MR) is 109 cm³/mol. The van der Waals surface area contributed by atoms with Crippen LogP contribution < -0.4 is 10.6 Å². The Bertz CT molecular complexity index is 1210. The monoisotopic (exact) mass is 435 g/mol. The van der Waals surface area contributed by atoms with Crippen molar-refractivity contribution in [3.63, 3.8) is 0 Å². The van der Waals surface area contributed by atoms with Gasteiger partial charge in [-0.15, -0.1) is 0 Å². The van der Waals surface area contributed by atoms with Crippen LogP contribution in [-0.2, 0) is 27.5 Å². The quantitative estimate of drug-likeness (QED) is 0.491. The van der Waals surface area contributed by atoms with Crippen LogP contribution >= 0.6 is 0 Å². The SMILES string of the molecule is O=C(C#Cc1cccc(O)c1)NCc1ccc2c(c1F)CN(C1CCC(=O)NC1=O)C2=O. The van der Waals surface area contributed by atoms with Crippen LogP contribution in [-0.4, -0.2) is 39.7 Å². The molecule has 9 heteroatoms. The van der Waals surface area contributed by atoms with Crippen LogP contribution in [0.2, 0.25) is 0 Å². The molecule has 2 aliphatic heterocycles. The summed E-state index contributed by atoms with van der Waals surface area (Å²) in [5, 5.41) is 14.1. The normalized spacial score (nSPS) is 17.3. The summed E-state index contributed by atoms with van der Waals surface area (Å²) in [5.41, 5.74) is 0.938. The number of amides is 4. The largest absolute Gasteiger partial charge is 0.508 e. The number of imide groups is 1. The van der Waals surface area contributed by atoms with Gasteiger partial charge in [-0.2, -0.15) is 0 Å². The number of benzene rings is 2. The van der Waals surface area contributed by atoms with Gasteiger partial charge in [-0.3, -0.25) is 24.5 Å². The number of piperidine rings is 1. The number of fused-ring (bicyclic) bond motifs is 1. The van der Waals surface area contributed by atoms with E-state index in [9.17, 15) is 24.3 Å². The molecule has 0 saturated carbocycles. The van der Waals surface area contributed by atoms with E-state index in [0.717, 1.165) is 0 Å². The van der Waals surface area contributed by atoms with Crippen molar-refractivity contribution in [2.75, 3.05) is 0 Å². The highest BCUT2D eigenvalue weighted by molar-refractivity contribution is 6.05. The van der Waals surface area contributed by atoms with Gasteiger partial charge in [0, 0.05) is 41.1 Å². The van der Waals surface area contributed by atoms with Crippen LogP contribution in [0.5, 0.6) is 5.75 Å². The molecule has 3 N–H and O–H groups in total. The second-order valence-corrected chi connectivity index (χ2v) is 7.45. The molecule has 0 aromatic heterocycles. The summed E-state index contributed by atoms with van der Waals surface area (Å²) in [4.78, 5) is 49.4. The van der Waals surface area contributed by atoms with Crippen molar-refractivity contribution < 1.29 is 28.7 Å². The highest BCUT2D eigenvalue weighted by Crippen LogP contribution is 2.30. The van der Waals surface area contributed by atoms with Crippen molar-refractivity contribution in [1.29, 1.82) is 0 Å². The van der Waals surface area contributed by atoms with Gasteiger partial charge >= 0.3 is 0 Å². The molecule has 1 atom stereocenters. The molecule has 1 fully saturated rings. The lowest BCUT2D eigenvalue weighted by Crippen LogP contribution is -2.52. The number of rotatable bonds is 3. The number of phenols is 1. The summed E-state index contributed by atoms with van der Waals surface area (Å²) in [6.07, 6.45) is 0.298. The summed E-state index contributed by atoms with van der Waals surface area (Å²) < 4.78 is 15.0. The number of halogens is 1. The average molecular weight is 435 g/mol. The molecule has 162 valence electrons. The highest BCUT2D eigenvalue weighted by Gasteiger charge is 2.40. The molecule has 0 bridgehead atoms. The van der Waals surface area contributed by atoms with Gasteiger partial charge in [0.25, 0.3) is 11.8 Å². The molecule has 2 aromatic rings. The van der Waals surface area contributed by atoms with Gasteiger partial charge in [0.15, 0.2) is 0 Å². The minimum atomic E-state index is -0.831. The molecule has 2 heterocycles. The van der Waals surface area contributed by atoms with Crippen molar-refractivity contribution in [3.8, 4) is 17.6 Å². The molecule has 0 aliphatic carbocycles. The smallest absolute Gasteiger partial charge is 0.296 e. The van der Waals surface area contributed by atoms with Crippen LogP contribution in [0.1, 0.15) is 39.9 Å². The first-order valence-corrected chi connectivity index (χ1v) is 9.87. The lowest BCUT2D eigenvalue weighted by atomic mass is 10.0. The van der Waals surface area contributed by atoms with Gasteiger partial charge in [0.2, 0.25) is 11.8 Å². The van der Waals surface area contributed by atoms with Crippen molar-refractivity contribution in [2.24, 2.45) is 0 Å². The Morgan fingerprint density at radius 1 is 1.25 bits per heavy atom. The number of hydrogen-bond donors (Lipinski definition) is 3. The molecule has 1 unspecified atom stereocenters. The van der Waals surface area contributed by atoms with Crippen LogP contribution in [0.15, 0.2) is 36.4 Å². The molecular formula is C23H18FN3O5. The van der Waals surface area contributed by atoms with Crippen LogP contribution in [0.25, 0.3) is 0 Å². The number of hydrogen-bond acceptors (Lipinski definition) is 5. The van der Waals surface area contributed by atoms with Gasteiger partial charge in [0.05, 0.1) is 6.54 Å². The van der Waals surface area contributed by atoms with Crippen LogP contribution in [0, 0.1) is 17.7 Å². The molecule has 1 saturated heterocycles. The van der Waals surface area contributed by atoms with Crippen LogP contribution in [0.4, 0.5) is 4.39 Å². The fourth-order valence-electron chi connectivity index (χ4n) is 3.72. The van der Waals surface area contributed by atoms with E-state index in [-0.39, 0.29) is 48.4 Å². The molecule has 0 spiro atoms. The Hall–Kier alpha value is -4.19. The molecule has 32 heavy (non-hydrogen) atoms. The maximum atomic E-state index is 15.0. The number of nitrogens with one attached hydrogen (secondary N) is 2. The maximum Gasteiger partial charge on any atom is 0.296 e. The Kier molecular flexibility index (Phi) is 5.60. The number of carbonyl (C=O) groups is 4. The Labute approximate surface area is 182 Å². The molecule has 2 aromatic carbocycles. The van der Waals surface area contributed by atoms with E-state index in [2.05, 4.69) is 22.5 Å². The summed E-state index contributed by atoms with van der Waals surface area (Å²) in [5.74, 6) is 2.30.